The smallest absolute Gasteiger partial charge is 0.181 e. The zero-order valence-corrected chi connectivity index (χ0v) is 11.3. The molecule has 90 valence electrons. The molecule has 0 aliphatic carbocycles. The molecule has 2 aromatic carbocycles. The van der Waals surface area contributed by atoms with Crippen LogP contribution in [-0.2, 0) is 0 Å². The summed E-state index contributed by atoms with van der Waals surface area (Å²) in [5.41, 5.74) is 0.214. The molecule has 0 amide bonds. The quantitative estimate of drug-likeness (QED) is 0.786. The van der Waals surface area contributed by atoms with Crippen molar-refractivity contribution < 1.29 is 9.13 Å². The van der Waals surface area contributed by atoms with Crippen molar-refractivity contribution in [3.05, 3.63) is 57.3 Å². The highest BCUT2D eigenvalue weighted by atomic mass is 79.9. The molecule has 0 unspecified atom stereocenters. The predicted octanol–water partition coefficient (Wildman–Crippen LogP) is 4.91. The van der Waals surface area contributed by atoms with Gasteiger partial charge in [-0.1, -0.05) is 17.7 Å². The molecule has 0 N–H and O–H groups in total. The summed E-state index contributed by atoms with van der Waals surface area (Å²) in [5, 5.41) is 9.26. The van der Waals surface area contributed by atoms with Gasteiger partial charge in [0, 0.05) is 5.02 Å². The monoisotopic (exact) mass is 325 g/mol. The largest absolute Gasteiger partial charge is 0.454 e. The maximum Gasteiger partial charge on any atom is 0.181 e. The second-order valence-corrected chi connectivity index (χ2v) is 4.64. The van der Waals surface area contributed by atoms with E-state index in [1.54, 1.807) is 24.3 Å². The van der Waals surface area contributed by atoms with Crippen LogP contribution in [-0.4, -0.2) is 0 Å². The Balaban J connectivity index is 2.36. The molecule has 0 aromatic heterocycles. The zero-order chi connectivity index (χ0) is 13.1. The lowest BCUT2D eigenvalue weighted by Crippen LogP contribution is -1.91. The second kappa shape index (κ2) is 5.38. The van der Waals surface area contributed by atoms with Crippen molar-refractivity contribution in [3.8, 4) is 17.6 Å². The maximum absolute atomic E-state index is 13.9. The summed E-state index contributed by atoms with van der Waals surface area (Å²) in [6.07, 6.45) is 0. The molecule has 5 heteroatoms. The molecule has 0 aliphatic rings. The molecule has 2 nitrogen and oxygen atoms in total. The standard InChI is InChI=1S/C13H6BrClFNO/c14-12-8(7-17)4-5-11(13(12)16)18-10-3-1-2-9(15)6-10/h1-6H. The van der Waals surface area contributed by atoms with Crippen LogP contribution >= 0.6 is 27.5 Å². The predicted molar refractivity (Wildman–Crippen MR) is 70.3 cm³/mol. The normalized spacial score (nSPS) is 9.89. The minimum absolute atomic E-state index is 0.0307. The number of nitrogens with zero attached hydrogens (tertiary/aromatic N) is 1. The van der Waals surface area contributed by atoms with Crippen molar-refractivity contribution in [1.29, 1.82) is 5.26 Å². The Hall–Kier alpha value is -1.57. The maximum atomic E-state index is 13.9. The van der Waals surface area contributed by atoms with Crippen LogP contribution < -0.4 is 4.74 Å². The highest BCUT2D eigenvalue weighted by molar-refractivity contribution is 9.10. The van der Waals surface area contributed by atoms with Crippen molar-refractivity contribution in [1.82, 2.24) is 0 Å². The first-order chi connectivity index (χ1) is 8.61. The van der Waals surface area contributed by atoms with E-state index in [4.69, 9.17) is 21.6 Å². The Morgan fingerprint density at radius 2 is 2.06 bits per heavy atom. The molecule has 18 heavy (non-hydrogen) atoms. The van der Waals surface area contributed by atoms with Crippen LogP contribution in [0, 0.1) is 17.1 Å². The third-order valence-corrected chi connectivity index (χ3v) is 3.20. The van der Waals surface area contributed by atoms with Crippen LogP contribution in [0.2, 0.25) is 5.02 Å². The van der Waals surface area contributed by atoms with Gasteiger partial charge in [-0.15, -0.1) is 0 Å². The summed E-state index contributed by atoms with van der Waals surface area (Å²) in [6, 6.07) is 11.4. The minimum atomic E-state index is -0.617. The lowest BCUT2D eigenvalue weighted by atomic mass is 10.2. The Kier molecular flexibility index (Phi) is 3.85. The number of ether oxygens (including phenoxy) is 1. The molecule has 0 atom stereocenters. The van der Waals surface area contributed by atoms with Gasteiger partial charge >= 0.3 is 0 Å². The van der Waals surface area contributed by atoms with E-state index >= 15 is 0 Å². The number of halogens is 3. The average molecular weight is 327 g/mol. The Bertz CT molecular complexity index is 639. The van der Waals surface area contributed by atoms with Gasteiger partial charge in [-0.25, -0.2) is 4.39 Å². The van der Waals surface area contributed by atoms with Crippen LogP contribution in [0.5, 0.6) is 11.5 Å². The first-order valence-corrected chi connectivity index (χ1v) is 6.10. The zero-order valence-electron chi connectivity index (χ0n) is 8.95. The number of benzene rings is 2. The van der Waals surface area contributed by atoms with Crippen LogP contribution in [0.15, 0.2) is 40.9 Å². The fourth-order valence-corrected chi connectivity index (χ4v) is 1.95. The summed E-state index contributed by atoms with van der Waals surface area (Å²) in [7, 11) is 0. The molecule has 0 bridgehead atoms. The third kappa shape index (κ3) is 2.63. The van der Waals surface area contributed by atoms with Crippen LogP contribution in [0.4, 0.5) is 4.39 Å². The fraction of sp³-hybridized carbons (Fsp3) is 0. The van der Waals surface area contributed by atoms with Crippen molar-refractivity contribution in [3.63, 3.8) is 0 Å². The van der Waals surface area contributed by atoms with Gasteiger partial charge in [0.25, 0.3) is 0 Å². The Morgan fingerprint density at radius 3 is 2.72 bits per heavy atom. The van der Waals surface area contributed by atoms with Gasteiger partial charge in [0.2, 0.25) is 0 Å². The van der Waals surface area contributed by atoms with Gasteiger partial charge in [0.1, 0.15) is 11.8 Å². The van der Waals surface area contributed by atoms with Crippen molar-refractivity contribution in [2.45, 2.75) is 0 Å². The molecule has 0 saturated heterocycles. The molecule has 2 aromatic rings. The topological polar surface area (TPSA) is 33.0 Å². The first-order valence-electron chi connectivity index (χ1n) is 4.93. The van der Waals surface area contributed by atoms with Gasteiger partial charge in [-0.3, -0.25) is 0 Å². The van der Waals surface area contributed by atoms with E-state index in [9.17, 15) is 4.39 Å². The summed E-state index contributed by atoms with van der Waals surface area (Å²) >= 11 is 8.82. The van der Waals surface area contributed by atoms with E-state index in [1.807, 2.05) is 6.07 Å². The highest BCUT2D eigenvalue weighted by Gasteiger charge is 2.12. The van der Waals surface area contributed by atoms with E-state index in [2.05, 4.69) is 15.9 Å². The van der Waals surface area contributed by atoms with Gasteiger partial charge in [0.15, 0.2) is 11.6 Å². The molecule has 0 heterocycles. The molecule has 0 saturated carbocycles. The first kappa shape index (κ1) is 12.9. The average Bonchev–Trinajstić information content (AvgIpc) is 2.35. The second-order valence-electron chi connectivity index (χ2n) is 3.41. The van der Waals surface area contributed by atoms with E-state index in [0.717, 1.165) is 0 Å². The SMILES string of the molecule is N#Cc1ccc(Oc2cccc(Cl)c2)c(F)c1Br. The number of hydrogen-bond acceptors (Lipinski definition) is 2. The Labute approximate surface area is 117 Å². The molecule has 2 rings (SSSR count). The number of rotatable bonds is 2. The Morgan fingerprint density at radius 1 is 1.28 bits per heavy atom. The molecule has 0 radical (unpaired) electrons. The van der Waals surface area contributed by atoms with Crippen molar-refractivity contribution in [2.75, 3.05) is 0 Å². The van der Waals surface area contributed by atoms with Crippen LogP contribution in [0.1, 0.15) is 5.56 Å². The lowest BCUT2D eigenvalue weighted by Gasteiger charge is -2.08. The number of nitriles is 1. The van der Waals surface area contributed by atoms with Crippen LogP contribution in [0.25, 0.3) is 0 Å². The van der Waals surface area contributed by atoms with E-state index in [-0.39, 0.29) is 15.8 Å². The molecule has 0 spiro atoms. The van der Waals surface area contributed by atoms with E-state index in [1.165, 1.54) is 12.1 Å². The van der Waals surface area contributed by atoms with Crippen molar-refractivity contribution in [2.24, 2.45) is 0 Å². The van der Waals surface area contributed by atoms with Gasteiger partial charge in [-0.2, -0.15) is 5.26 Å². The van der Waals surface area contributed by atoms with Crippen molar-refractivity contribution >= 4 is 27.5 Å². The van der Waals surface area contributed by atoms with E-state index < -0.39 is 5.82 Å². The third-order valence-electron chi connectivity index (χ3n) is 2.19. The van der Waals surface area contributed by atoms with Gasteiger partial charge in [0.05, 0.1) is 10.0 Å². The molecule has 0 aliphatic heterocycles. The number of hydrogen-bond donors (Lipinski definition) is 0. The lowest BCUT2D eigenvalue weighted by molar-refractivity contribution is 0.440. The minimum Gasteiger partial charge on any atom is -0.454 e. The summed E-state index contributed by atoms with van der Waals surface area (Å²) in [5.74, 6) is -0.157. The summed E-state index contributed by atoms with van der Waals surface area (Å²) in [6.45, 7) is 0. The van der Waals surface area contributed by atoms with Gasteiger partial charge in [-0.05, 0) is 46.3 Å². The van der Waals surface area contributed by atoms with Gasteiger partial charge < -0.3 is 4.74 Å². The van der Waals surface area contributed by atoms with Crippen LogP contribution in [0.3, 0.4) is 0 Å². The van der Waals surface area contributed by atoms with E-state index in [0.29, 0.717) is 10.8 Å². The summed E-state index contributed by atoms with van der Waals surface area (Å²) < 4.78 is 19.3. The summed E-state index contributed by atoms with van der Waals surface area (Å²) in [4.78, 5) is 0. The molecular formula is C13H6BrClFNO. The molecule has 0 fully saturated rings. The highest BCUT2D eigenvalue weighted by Crippen LogP contribution is 2.32. The molecular weight excluding hydrogens is 321 g/mol. The fourth-order valence-electron chi connectivity index (χ4n) is 1.35.